The molecule has 2 aromatic carbocycles. The van der Waals surface area contributed by atoms with Crippen molar-refractivity contribution in [2.75, 3.05) is 59.1 Å². The van der Waals surface area contributed by atoms with Crippen LogP contribution >= 0.6 is 0 Å². The molecule has 8 nitrogen and oxygen atoms in total. The number of nitrogens with zero attached hydrogens (tertiary/aromatic N) is 3. The average Bonchev–Trinajstić information content (AvgIpc) is 2.95. The van der Waals surface area contributed by atoms with E-state index in [2.05, 4.69) is 34.1 Å². The zero-order valence-corrected chi connectivity index (χ0v) is 20.0. The molecule has 0 bridgehead atoms. The maximum absolute atomic E-state index is 13.2. The fourth-order valence-corrected chi connectivity index (χ4v) is 5.37. The van der Waals surface area contributed by atoms with Crippen molar-refractivity contribution in [1.29, 1.82) is 0 Å². The van der Waals surface area contributed by atoms with Crippen LogP contribution in [0.3, 0.4) is 0 Å². The molecule has 8 heteroatoms. The highest BCUT2D eigenvalue weighted by Gasteiger charge is 2.37. The van der Waals surface area contributed by atoms with Gasteiger partial charge in [0.05, 0.1) is 37.5 Å². The Morgan fingerprint density at radius 1 is 1.06 bits per heavy atom. The number of carbonyl (C=O) groups excluding carboxylic acids is 1. The number of rotatable bonds is 7. The van der Waals surface area contributed by atoms with Crippen LogP contribution in [-0.2, 0) is 17.7 Å². The van der Waals surface area contributed by atoms with Crippen LogP contribution in [0.2, 0.25) is 0 Å². The molecule has 0 aliphatic carbocycles. The van der Waals surface area contributed by atoms with Gasteiger partial charge in [-0.3, -0.25) is 14.6 Å². The van der Waals surface area contributed by atoms with E-state index >= 15 is 0 Å². The zero-order chi connectivity index (χ0) is 23.8. The predicted octanol–water partition coefficient (Wildman–Crippen LogP) is 1.40. The normalized spacial score (nSPS) is 22.3. The first-order valence-corrected chi connectivity index (χ1v) is 12.6. The highest BCUT2D eigenvalue weighted by Crippen LogP contribution is 2.30. The Labute approximate surface area is 206 Å². The number of fused-ring (bicyclic) bond motifs is 2. The second kappa shape index (κ2) is 9.78. The Morgan fingerprint density at radius 2 is 1.89 bits per heavy atom. The number of aliphatic hydroxyl groups excluding tert-OH is 1. The number of aliphatic hydroxyl groups is 1. The molecule has 0 aromatic heterocycles. The highest BCUT2D eigenvalue weighted by molar-refractivity contribution is 5.97. The van der Waals surface area contributed by atoms with Gasteiger partial charge in [-0.2, -0.15) is 0 Å². The fraction of sp³-hybridized carbons (Fsp3) is 0.519. The Hall–Kier alpha value is -2.65. The van der Waals surface area contributed by atoms with Crippen LogP contribution in [0.5, 0.6) is 11.5 Å². The number of ether oxygens (including phenoxy) is 3. The third-order valence-electron chi connectivity index (χ3n) is 7.52. The molecule has 4 heterocycles. The van der Waals surface area contributed by atoms with Crippen LogP contribution in [0.15, 0.2) is 42.5 Å². The molecule has 1 atom stereocenters. The molecule has 6 rings (SSSR count). The summed E-state index contributed by atoms with van der Waals surface area (Å²) in [6, 6.07) is 14.5. The van der Waals surface area contributed by atoms with Gasteiger partial charge in [0, 0.05) is 45.3 Å². The van der Waals surface area contributed by atoms with Gasteiger partial charge in [0.15, 0.2) is 0 Å². The highest BCUT2D eigenvalue weighted by atomic mass is 16.5. The summed E-state index contributed by atoms with van der Waals surface area (Å²) in [6.07, 6.45) is 0.532. The molecule has 0 saturated carbocycles. The van der Waals surface area contributed by atoms with Crippen LogP contribution in [0, 0.1) is 0 Å². The van der Waals surface area contributed by atoms with Gasteiger partial charge >= 0.3 is 0 Å². The summed E-state index contributed by atoms with van der Waals surface area (Å²) in [5.74, 6) is 1.18. The second-order valence-electron chi connectivity index (χ2n) is 10.1. The van der Waals surface area contributed by atoms with Crippen molar-refractivity contribution in [3.05, 3.63) is 59.2 Å². The van der Waals surface area contributed by atoms with Gasteiger partial charge in [0.2, 0.25) is 0 Å². The molecule has 1 amide bonds. The smallest absolute Gasteiger partial charge is 0.257 e. The van der Waals surface area contributed by atoms with E-state index in [1.807, 2.05) is 12.1 Å². The van der Waals surface area contributed by atoms with E-state index in [1.54, 1.807) is 11.0 Å². The fourth-order valence-electron chi connectivity index (χ4n) is 5.37. The molecule has 186 valence electrons. The lowest BCUT2D eigenvalue weighted by Crippen LogP contribution is -2.62. The van der Waals surface area contributed by atoms with Crippen molar-refractivity contribution in [3.63, 3.8) is 0 Å². The minimum atomic E-state index is -0.615. The standard InChI is InChI=1S/C27H33N3O5/c31-22(13-28-8-7-19-3-1-2-4-20(19)12-28)14-29-9-10-34-26-11-23(5-6-25(26)27(29)32)35-24-15-30(16-24)21-17-33-18-21/h1-6,11,21-22,24,31H,7-10,12-18H2/t22-/m1/s1. The lowest BCUT2D eigenvalue weighted by Gasteiger charge is -2.46. The predicted molar refractivity (Wildman–Crippen MR) is 130 cm³/mol. The number of carbonyl (C=O) groups is 1. The van der Waals surface area contributed by atoms with Crippen molar-refractivity contribution >= 4 is 5.91 Å². The van der Waals surface area contributed by atoms with Gasteiger partial charge in [-0.05, 0) is 29.7 Å². The number of benzene rings is 2. The first kappa shape index (κ1) is 22.8. The molecule has 2 fully saturated rings. The molecule has 4 aliphatic heterocycles. The summed E-state index contributed by atoms with van der Waals surface area (Å²) in [4.78, 5) is 19.6. The van der Waals surface area contributed by atoms with E-state index in [4.69, 9.17) is 14.2 Å². The number of likely N-dealkylation sites (tertiary alicyclic amines) is 1. The third-order valence-corrected chi connectivity index (χ3v) is 7.52. The summed E-state index contributed by atoms with van der Waals surface area (Å²) in [5, 5.41) is 10.8. The quantitative estimate of drug-likeness (QED) is 0.644. The van der Waals surface area contributed by atoms with Crippen LogP contribution in [0.25, 0.3) is 0 Å². The van der Waals surface area contributed by atoms with Gasteiger partial charge in [0.25, 0.3) is 5.91 Å². The lowest BCUT2D eigenvalue weighted by molar-refractivity contribution is -0.115. The molecular formula is C27H33N3O5. The molecule has 1 N–H and O–H groups in total. The molecule has 2 aromatic rings. The number of amides is 1. The Morgan fingerprint density at radius 3 is 2.69 bits per heavy atom. The first-order chi connectivity index (χ1) is 17.1. The van der Waals surface area contributed by atoms with Crippen molar-refractivity contribution < 1.29 is 24.1 Å². The van der Waals surface area contributed by atoms with Crippen LogP contribution in [-0.4, -0.2) is 103 Å². The molecule has 35 heavy (non-hydrogen) atoms. The van der Waals surface area contributed by atoms with Crippen molar-refractivity contribution in [2.24, 2.45) is 0 Å². The molecule has 0 unspecified atom stereocenters. The molecule has 4 aliphatic rings. The van der Waals surface area contributed by atoms with E-state index in [9.17, 15) is 9.90 Å². The molecule has 0 spiro atoms. The van der Waals surface area contributed by atoms with E-state index < -0.39 is 6.10 Å². The van der Waals surface area contributed by atoms with Crippen molar-refractivity contribution in [3.8, 4) is 11.5 Å². The Balaban J connectivity index is 1.04. The van der Waals surface area contributed by atoms with Gasteiger partial charge < -0.3 is 24.2 Å². The van der Waals surface area contributed by atoms with Crippen LogP contribution < -0.4 is 9.47 Å². The maximum atomic E-state index is 13.2. The van der Waals surface area contributed by atoms with Crippen molar-refractivity contribution in [1.82, 2.24) is 14.7 Å². The summed E-state index contributed by atoms with van der Waals surface area (Å²) in [7, 11) is 0. The first-order valence-electron chi connectivity index (χ1n) is 12.6. The van der Waals surface area contributed by atoms with Crippen LogP contribution in [0.4, 0.5) is 0 Å². The van der Waals surface area contributed by atoms with Gasteiger partial charge in [-0.1, -0.05) is 24.3 Å². The molecule has 0 radical (unpaired) electrons. The van der Waals surface area contributed by atoms with E-state index in [-0.39, 0.29) is 12.0 Å². The van der Waals surface area contributed by atoms with E-state index in [0.717, 1.165) is 51.6 Å². The number of hydrogen-bond acceptors (Lipinski definition) is 7. The number of β-amino-alcohol motifs (C(OH)–C–C–N with tert-alkyl or cyclic N) is 1. The van der Waals surface area contributed by atoms with E-state index in [1.165, 1.54) is 11.1 Å². The molecule has 2 saturated heterocycles. The molecular weight excluding hydrogens is 446 g/mol. The minimum absolute atomic E-state index is 0.105. The largest absolute Gasteiger partial charge is 0.491 e. The maximum Gasteiger partial charge on any atom is 0.257 e. The lowest BCUT2D eigenvalue weighted by atomic mass is 10.00. The van der Waals surface area contributed by atoms with Crippen molar-refractivity contribution in [2.45, 2.75) is 31.2 Å². The number of hydrogen-bond donors (Lipinski definition) is 1. The summed E-state index contributed by atoms with van der Waals surface area (Å²) >= 11 is 0. The Bertz CT molecular complexity index is 1070. The average molecular weight is 480 g/mol. The topological polar surface area (TPSA) is 74.7 Å². The van der Waals surface area contributed by atoms with Gasteiger partial charge in [-0.25, -0.2) is 0 Å². The SMILES string of the molecule is O=C1c2ccc(OC3CN(C4COC4)C3)cc2OCCN1C[C@H](O)CN1CCc2ccccc2C1. The minimum Gasteiger partial charge on any atom is -0.491 e. The van der Waals surface area contributed by atoms with Gasteiger partial charge in [0.1, 0.15) is 24.2 Å². The van der Waals surface area contributed by atoms with Gasteiger partial charge in [-0.15, -0.1) is 0 Å². The Kier molecular flexibility index (Phi) is 6.37. The third kappa shape index (κ3) is 4.89. The monoisotopic (exact) mass is 479 g/mol. The second-order valence-corrected chi connectivity index (χ2v) is 10.1. The zero-order valence-electron chi connectivity index (χ0n) is 20.0. The summed E-state index contributed by atoms with van der Waals surface area (Å²) in [5.41, 5.74) is 3.24. The summed E-state index contributed by atoms with van der Waals surface area (Å²) in [6.45, 7) is 6.88. The summed E-state index contributed by atoms with van der Waals surface area (Å²) < 4.78 is 17.3. The van der Waals surface area contributed by atoms with Crippen LogP contribution in [0.1, 0.15) is 21.5 Å². The van der Waals surface area contributed by atoms with E-state index in [0.29, 0.717) is 43.6 Å².